The average Bonchev–Trinajstić information content (AvgIpc) is 2.55. The summed E-state index contributed by atoms with van der Waals surface area (Å²) in [6, 6.07) is 4.47. The predicted molar refractivity (Wildman–Crippen MR) is 93.4 cm³/mol. The van der Waals surface area contributed by atoms with Crippen molar-refractivity contribution < 1.29 is 27.9 Å². The van der Waals surface area contributed by atoms with Crippen LogP contribution in [0.5, 0.6) is 5.75 Å². The van der Waals surface area contributed by atoms with Crippen molar-refractivity contribution in [3.05, 3.63) is 29.3 Å². The Morgan fingerprint density at radius 3 is 2.40 bits per heavy atom. The maximum Gasteiger partial charge on any atom is 0.335 e. The van der Waals surface area contributed by atoms with E-state index in [2.05, 4.69) is 5.32 Å². The molecule has 0 heterocycles. The van der Waals surface area contributed by atoms with Gasteiger partial charge in [0, 0.05) is 19.6 Å². The Hall–Kier alpha value is -2.13. The van der Waals surface area contributed by atoms with Gasteiger partial charge in [0.1, 0.15) is 11.5 Å². The molecule has 140 valence electrons. The lowest BCUT2D eigenvalue weighted by atomic mass is 10.1. The summed E-state index contributed by atoms with van der Waals surface area (Å²) in [4.78, 5) is 22.8. The smallest absolute Gasteiger partial charge is 0.335 e. The first-order valence-electron chi connectivity index (χ1n) is 7.89. The average molecular weight is 372 g/mol. The fraction of sp³-hybridized carbons (Fsp3) is 0.500. The van der Waals surface area contributed by atoms with Gasteiger partial charge in [-0.25, -0.2) is 17.5 Å². The van der Waals surface area contributed by atoms with Gasteiger partial charge in [-0.2, -0.15) is 0 Å². The number of aromatic carboxylic acids is 1. The summed E-state index contributed by atoms with van der Waals surface area (Å²) in [7, 11) is -2.18. The number of hydrogen-bond donors (Lipinski definition) is 2. The van der Waals surface area contributed by atoms with Crippen LogP contribution in [-0.4, -0.2) is 62.2 Å². The molecule has 1 aromatic carbocycles. The first-order chi connectivity index (χ1) is 11.7. The van der Waals surface area contributed by atoms with Gasteiger partial charge in [0.25, 0.3) is 0 Å². The number of amides is 1. The fourth-order valence-electron chi connectivity index (χ4n) is 2.35. The third-order valence-corrected chi connectivity index (χ3v) is 5.59. The molecule has 0 spiro atoms. The molecule has 0 fully saturated rings. The summed E-state index contributed by atoms with van der Waals surface area (Å²) in [6.07, 6.45) is 0.389. The number of carbonyl (C=O) groups is 2. The van der Waals surface area contributed by atoms with Crippen molar-refractivity contribution in [3.8, 4) is 5.75 Å². The molecule has 0 radical (unpaired) electrons. The number of nitrogens with zero attached hydrogens (tertiary/aromatic N) is 1. The van der Waals surface area contributed by atoms with Crippen LogP contribution in [0.2, 0.25) is 0 Å². The molecule has 1 rings (SSSR count). The van der Waals surface area contributed by atoms with Crippen LogP contribution in [0.15, 0.2) is 18.2 Å². The van der Waals surface area contributed by atoms with Gasteiger partial charge < -0.3 is 15.2 Å². The molecule has 0 saturated heterocycles. The summed E-state index contributed by atoms with van der Waals surface area (Å²) in [6.45, 7) is 4.28. The van der Waals surface area contributed by atoms with Crippen LogP contribution in [0.3, 0.4) is 0 Å². The highest BCUT2D eigenvalue weighted by atomic mass is 32.2. The number of hydrogen-bond acceptors (Lipinski definition) is 5. The van der Waals surface area contributed by atoms with Crippen LogP contribution in [0.4, 0.5) is 0 Å². The summed E-state index contributed by atoms with van der Waals surface area (Å²) >= 11 is 0. The lowest BCUT2D eigenvalue weighted by Crippen LogP contribution is -2.39. The van der Waals surface area contributed by atoms with Gasteiger partial charge in [-0.15, -0.1) is 0 Å². The number of carboxylic acid groups (broad SMARTS) is 1. The van der Waals surface area contributed by atoms with Crippen molar-refractivity contribution in [2.75, 3.05) is 32.5 Å². The van der Waals surface area contributed by atoms with E-state index in [1.807, 2.05) is 0 Å². The molecule has 1 amide bonds. The third-order valence-electron chi connectivity index (χ3n) is 3.66. The lowest BCUT2D eigenvalue weighted by Gasteiger charge is -2.18. The standard InChI is InChI=1S/C16H24N2O6S/c1-4-18(5-2)25(22,23)11-15(19)17-9-8-12-6-7-13(16(20)21)10-14(12)24-3/h6-7,10H,4-5,8-9,11H2,1-3H3,(H,17,19)(H,20,21). The molecule has 0 unspecified atom stereocenters. The Bertz CT molecular complexity index is 713. The quantitative estimate of drug-likeness (QED) is 0.626. The third kappa shape index (κ3) is 6.02. The predicted octanol–water partition coefficient (Wildman–Crippen LogP) is 0.724. The monoisotopic (exact) mass is 372 g/mol. The SMILES string of the molecule is CCN(CC)S(=O)(=O)CC(=O)NCCc1ccc(C(=O)O)cc1OC. The summed E-state index contributed by atoms with van der Waals surface area (Å²) < 4.78 is 30.4. The van der Waals surface area contributed by atoms with Gasteiger partial charge in [0.05, 0.1) is 12.7 Å². The van der Waals surface area contributed by atoms with E-state index in [1.54, 1.807) is 19.9 Å². The van der Waals surface area contributed by atoms with E-state index in [-0.39, 0.29) is 12.1 Å². The van der Waals surface area contributed by atoms with E-state index in [9.17, 15) is 18.0 Å². The van der Waals surface area contributed by atoms with Gasteiger partial charge in [0.15, 0.2) is 0 Å². The largest absolute Gasteiger partial charge is 0.496 e. The van der Waals surface area contributed by atoms with Gasteiger partial charge >= 0.3 is 5.97 Å². The summed E-state index contributed by atoms with van der Waals surface area (Å²) in [5, 5.41) is 11.5. The van der Waals surface area contributed by atoms with Crippen LogP contribution in [0.25, 0.3) is 0 Å². The van der Waals surface area contributed by atoms with Crippen LogP contribution in [0, 0.1) is 0 Å². The summed E-state index contributed by atoms with van der Waals surface area (Å²) in [5.74, 6) is -1.82. The number of sulfonamides is 1. The van der Waals surface area contributed by atoms with Gasteiger partial charge in [0.2, 0.25) is 15.9 Å². The van der Waals surface area contributed by atoms with Crippen LogP contribution in [-0.2, 0) is 21.2 Å². The molecule has 0 aliphatic rings. The fourth-order valence-corrected chi connectivity index (χ4v) is 3.75. The molecule has 0 saturated carbocycles. The van der Waals surface area contributed by atoms with E-state index >= 15 is 0 Å². The highest BCUT2D eigenvalue weighted by Gasteiger charge is 2.22. The van der Waals surface area contributed by atoms with Crippen LogP contribution < -0.4 is 10.1 Å². The van der Waals surface area contributed by atoms with E-state index < -0.39 is 27.7 Å². The number of nitrogens with one attached hydrogen (secondary N) is 1. The second kappa shape index (κ2) is 9.38. The molecular formula is C16H24N2O6S. The lowest BCUT2D eigenvalue weighted by molar-refractivity contribution is -0.118. The molecule has 1 aromatic rings. The number of methoxy groups -OCH3 is 1. The zero-order valence-corrected chi connectivity index (χ0v) is 15.4. The molecule has 2 N–H and O–H groups in total. The van der Waals surface area contributed by atoms with Crippen molar-refractivity contribution >= 4 is 21.9 Å². The van der Waals surface area contributed by atoms with Crippen LogP contribution in [0.1, 0.15) is 29.8 Å². The van der Waals surface area contributed by atoms with Crippen molar-refractivity contribution in [2.24, 2.45) is 0 Å². The molecular weight excluding hydrogens is 348 g/mol. The molecule has 0 aliphatic carbocycles. The number of benzene rings is 1. The topological polar surface area (TPSA) is 113 Å². The Balaban J connectivity index is 2.63. The maximum atomic E-state index is 12.0. The highest BCUT2D eigenvalue weighted by Crippen LogP contribution is 2.20. The van der Waals surface area contributed by atoms with E-state index in [0.717, 1.165) is 5.56 Å². The Morgan fingerprint density at radius 2 is 1.88 bits per heavy atom. The second-order valence-corrected chi connectivity index (χ2v) is 7.24. The van der Waals surface area contributed by atoms with Gasteiger partial charge in [-0.3, -0.25) is 4.79 Å². The molecule has 0 bridgehead atoms. The minimum atomic E-state index is -3.61. The normalized spacial score (nSPS) is 11.4. The van der Waals surface area contributed by atoms with E-state index in [4.69, 9.17) is 9.84 Å². The molecule has 0 aliphatic heterocycles. The molecule has 0 aromatic heterocycles. The van der Waals surface area contributed by atoms with Crippen molar-refractivity contribution in [1.29, 1.82) is 0 Å². The maximum absolute atomic E-state index is 12.0. The Kier molecular flexibility index (Phi) is 7.85. The van der Waals surface area contributed by atoms with E-state index in [1.165, 1.54) is 23.5 Å². The minimum Gasteiger partial charge on any atom is -0.496 e. The Labute approximate surface area is 147 Å². The zero-order valence-electron chi connectivity index (χ0n) is 14.6. The zero-order chi connectivity index (χ0) is 19.0. The molecule has 0 atom stereocenters. The van der Waals surface area contributed by atoms with Gasteiger partial charge in [-0.1, -0.05) is 19.9 Å². The van der Waals surface area contributed by atoms with Crippen LogP contribution >= 0.6 is 0 Å². The first-order valence-corrected chi connectivity index (χ1v) is 9.50. The minimum absolute atomic E-state index is 0.106. The Morgan fingerprint density at radius 1 is 1.24 bits per heavy atom. The van der Waals surface area contributed by atoms with E-state index in [0.29, 0.717) is 25.3 Å². The first kappa shape index (κ1) is 20.9. The number of ether oxygens (including phenoxy) is 1. The number of carboxylic acids is 1. The number of rotatable bonds is 10. The van der Waals surface area contributed by atoms with Crippen molar-refractivity contribution in [3.63, 3.8) is 0 Å². The van der Waals surface area contributed by atoms with Crippen molar-refractivity contribution in [2.45, 2.75) is 20.3 Å². The second-order valence-electron chi connectivity index (χ2n) is 5.27. The molecule has 9 heteroatoms. The summed E-state index contributed by atoms with van der Waals surface area (Å²) in [5.41, 5.74) is 0.828. The van der Waals surface area contributed by atoms with Crippen molar-refractivity contribution in [1.82, 2.24) is 9.62 Å². The van der Waals surface area contributed by atoms with Gasteiger partial charge in [-0.05, 0) is 24.1 Å². The highest BCUT2D eigenvalue weighted by molar-refractivity contribution is 7.89. The molecule has 25 heavy (non-hydrogen) atoms. The molecule has 8 nitrogen and oxygen atoms in total. The number of carbonyl (C=O) groups excluding carboxylic acids is 1.